The molecule has 0 fully saturated rings. The van der Waals surface area contributed by atoms with Gasteiger partial charge >= 0.3 is 0 Å². The Bertz CT molecular complexity index is 811. The number of nitrogens with zero attached hydrogens (tertiary/aromatic N) is 2. The van der Waals surface area contributed by atoms with E-state index >= 15 is 0 Å². The molecule has 1 aromatic heterocycles. The lowest BCUT2D eigenvalue weighted by atomic mass is 10.1. The largest absolute Gasteiger partial charge is 0.322 e. The highest BCUT2D eigenvalue weighted by atomic mass is 19.1. The zero-order chi connectivity index (χ0) is 16.2. The minimum absolute atomic E-state index is 0.300. The van der Waals surface area contributed by atoms with Gasteiger partial charge in [0.05, 0.1) is 6.54 Å². The lowest BCUT2D eigenvalue weighted by Crippen LogP contribution is -2.12. The number of carbonyl (C=O) groups is 1. The molecule has 1 N–H and O–H groups in total. The van der Waals surface area contributed by atoms with Crippen molar-refractivity contribution in [2.45, 2.75) is 13.5 Å². The summed E-state index contributed by atoms with van der Waals surface area (Å²) in [5.74, 6) is -0.712. The van der Waals surface area contributed by atoms with Crippen molar-refractivity contribution in [1.29, 1.82) is 0 Å². The Labute approximate surface area is 133 Å². The number of aromatic nitrogens is 2. The number of hydrogen-bond donors (Lipinski definition) is 1. The van der Waals surface area contributed by atoms with E-state index < -0.39 is 0 Å². The summed E-state index contributed by atoms with van der Waals surface area (Å²) in [4.78, 5) is 12.1. The minimum atomic E-state index is -0.382. The summed E-state index contributed by atoms with van der Waals surface area (Å²) in [5, 5.41) is 6.91. The third-order valence-corrected chi connectivity index (χ3v) is 3.55. The molecule has 0 unspecified atom stereocenters. The van der Waals surface area contributed by atoms with Crippen LogP contribution >= 0.6 is 0 Å². The molecule has 0 atom stereocenters. The van der Waals surface area contributed by atoms with E-state index in [1.54, 1.807) is 25.3 Å². The van der Waals surface area contributed by atoms with E-state index in [4.69, 9.17) is 0 Å². The number of hydrogen-bond acceptors (Lipinski definition) is 2. The molecule has 0 aliphatic heterocycles. The Balaban J connectivity index is 1.67. The molecule has 5 heteroatoms. The first-order valence-electron chi connectivity index (χ1n) is 7.26. The maximum Gasteiger partial charge on any atom is 0.255 e. The number of rotatable bonds is 4. The van der Waals surface area contributed by atoms with Gasteiger partial charge in [0.2, 0.25) is 0 Å². The molecule has 4 nitrogen and oxygen atoms in total. The van der Waals surface area contributed by atoms with Gasteiger partial charge in [0.25, 0.3) is 5.91 Å². The number of amides is 1. The highest BCUT2D eigenvalue weighted by Crippen LogP contribution is 2.14. The number of carbonyl (C=O) groups excluding carboxylic acids is 1. The van der Waals surface area contributed by atoms with Crippen LogP contribution in [0.1, 0.15) is 21.5 Å². The van der Waals surface area contributed by atoms with Gasteiger partial charge in [-0.25, -0.2) is 4.39 Å². The zero-order valence-electron chi connectivity index (χ0n) is 12.7. The number of benzene rings is 2. The van der Waals surface area contributed by atoms with Crippen molar-refractivity contribution >= 4 is 11.6 Å². The number of aryl methyl sites for hydroxylation is 1. The third-order valence-electron chi connectivity index (χ3n) is 3.55. The fourth-order valence-corrected chi connectivity index (χ4v) is 2.21. The molecular formula is C18H16FN3O. The van der Waals surface area contributed by atoms with Gasteiger partial charge in [-0.15, -0.1) is 0 Å². The highest BCUT2D eigenvalue weighted by molar-refractivity contribution is 6.04. The van der Waals surface area contributed by atoms with Crippen LogP contribution in [-0.2, 0) is 6.54 Å². The summed E-state index contributed by atoms with van der Waals surface area (Å²) in [6, 6.07) is 13.8. The van der Waals surface area contributed by atoms with Gasteiger partial charge < -0.3 is 5.32 Å². The van der Waals surface area contributed by atoms with Crippen LogP contribution in [0.4, 0.5) is 10.1 Å². The second kappa shape index (κ2) is 6.44. The normalized spacial score (nSPS) is 10.5. The SMILES string of the molecule is Cc1ccc(C(=O)Nc2ccc(Cn3cccn3)cc2)cc1F. The van der Waals surface area contributed by atoms with Crippen LogP contribution in [0.2, 0.25) is 0 Å². The molecule has 0 spiro atoms. The Kier molecular flexibility index (Phi) is 4.19. The van der Waals surface area contributed by atoms with Crippen LogP contribution in [0.15, 0.2) is 60.9 Å². The molecule has 3 rings (SSSR count). The van der Waals surface area contributed by atoms with E-state index in [1.165, 1.54) is 6.07 Å². The second-order valence-corrected chi connectivity index (χ2v) is 5.32. The average molecular weight is 309 g/mol. The molecule has 3 aromatic rings. The van der Waals surface area contributed by atoms with Crippen LogP contribution < -0.4 is 5.32 Å². The van der Waals surface area contributed by atoms with Gasteiger partial charge in [-0.05, 0) is 48.4 Å². The first-order chi connectivity index (χ1) is 11.1. The van der Waals surface area contributed by atoms with Crippen LogP contribution in [0, 0.1) is 12.7 Å². The van der Waals surface area contributed by atoms with Gasteiger partial charge in [0.15, 0.2) is 0 Å². The predicted molar refractivity (Wildman–Crippen MR) is 86.9 cm³/mol. The molecule has 0 radical (unpaired) electrons. The van der Waals surface area contributed by atoms with Crippen molar-refractivity contribution in [3.05, 3.63) is 83.4 Å². The fraction of sp³-hybridized carbons (Fsp3) is 0.111. The number of anilines is 1. The minimum Gasteiger partial charge on any atom is -0.322 e. The van der Waals surface area contributed by atoms with Gasteiger partial charge in [-0.1, -0.05) is 18.2 Å². The summed E-state index contributed by atoms with van der Waals surface area (Å²) in [6.45, 7) is 2.33. The van der Waals surface area contributed by atoms with E-state index in [0.717, 1.165) is 5.56 Å². The first kappa shape index (κ1) is 15.0. The van der Waals surface area contributed by atoms with Gasteiger partial charge in [0.1, 0.15) is 5.82 Å². The highest BCUT2D eigenvalue weighted by Gasteiger charge is 2.08. The Morgan fingerprint density at radius 3 is 2.65 bits per heavy atom. The molecule has 116 valence electrons. The standard InChI is InChI=1S/C18H16FN3O/c1-13-3-6-15(11-17(13)19)18(23)21-16-7-4-14(5-8-16)12-22-10-2-9-20-22/h2-11H,12H2,1H3,(H,21,23). The number of nitrogens with one attached hydrogen (secondary N) is 1. The maximum absolute atomic E-state index is 13.5. The molecule has 1 heterocycles. The summed E-state index contributed by atoms with van der Waals surface area (Å²) in [5.41, 5.74) is 2.56. The fourth-order valence-electron chi connectivity index (χ4n) is 2.21. The van der Waals surface area contributed by atoms with Crippen molar-refractivity contribution < 1.29 is 9.18 Å². The average Bonchev–Trinajstić information content (AvgIpc) is 3.05. The molecule has 0 saturated heterocycles. The Morgan fingerprint density at radius 2 is 2.00 bits per heavy atom. The van der Waals surface area contributed by atoms with E-state index in [2.05, 4.69) is 10.4 Å². The smallest absolute Gasteiger partial charge is 0.255 e. The monoisotopic (exact) mass is 309 g/mol. The molecular weight excluding hydrogens is 293 g/mol. The van der Waals surface area contributed by atoms with E-state index in [-0.39, 0.29) is 11.7 Å². The Hall–Kier alpha value is -2.95. The van der Waals surface area contributed by atoms with Crippen molar-refractivity contribution in [2.24, 2.45) is 0 Å². The van der Waals surface area contributed by atoms with Gasteiger partial charge in [-0.3, -0.25) is 9.48 Å². The summed E-state index contributed by atoms with van der Waals surface area (Å²) >= 11 is 0. The first-order valence-corrected chi connectivity index (χ1v) is 7.26. The Morgan fingerprint density at radius 1 is 1.22 bits per heavy atom. The maximum atomic E-state index is 13.5. The molecule has 23 heavy (non-hydrogen) atoms. The van der Waals surface area contributed by atoms with Crippen molar-refractivity contribution in [3.8, 4) is 0 Å². The van der Waals surface area contributed by atoms with Crippen LogP contribution in [0.3, 0.4) is 0 Å². The van der Waals surface area contributed by atoms with Crippen LogP contribution in [0.5, 0.6) is 0 Å². The summed E-state index contributed by atoms with van der Waals surface area (Å²) in [6.07, 6.45) is 3.62. The van der Waals surface area contributed by atoms with Crippen molar-refractivity contribution in [2.75, 3.05) is 5.32 Å². The van der Waals surface area contributed by atoms with Crippen LogP contribution in [0.25, 0.3) is 0 Å². The number of halogens is 1. The molecule has 0 saturated carbocycles. The summed E-state index contributed by atoms with van der Waals surface area (Å²) < 4.78 is 15.3. The third kappa shape index (κ3) is 3.63. The quantitative estimate of drug-likeness (QED) is 0.800. The summed E-state index contributed by atoms with van der Waals surface area (Å²) in [7, 11) is 0. The van der Waals surface area contributed by atoms with Crippen molar-refractivity contribution in [1.82, 2.24) is 9.78 Å². The van der Waals surface area contributed by atoms with Gasteiger partial charge in [0, 0.05) is 23.6 Å². The van der Waals surface area contributed by atoms with E-state index in [0.29, 0.717) is 23.4 Å². The topological polar surface area (TPSA) is 46.9 Å². The molecule has 1 amide bonds. The zero-order valence-corrected chi connectivity index (χ0v) is 12.7. The molecule has 2 aromatic carbocycles. The molecule has 0 aliphatic rings. The predicted octanol–water partition coefficient (Wildman–Crippen LogP) is 3.63. The second-order valence-electron chi connectivity index (χ2n) is 5.32. The van der Waals surface area contributed by atoms with Crippen molar-refractivity contribution in [3.63, 3.8) is 0 Å². The lowest BCUT2D eigenvalue weighted by molar-refractivity contribution is 0.102. The molecule has 0 bridgehead atoms. The lowest BCUT2D eigenvalue weighted by Gasteiger charge is -2.08. The molecule has 0 aliphatic carbocycles. The van der Waals surface area contributed by atoms with Gasteiger partial charge in [-0.2, -0.15) is 5.10 Å². The van der Waals surface area contributed by atoms with E-state index in [1.807, 2.05) is 41.2 Å². The van der Waals surface area contributed by atoms with E-state index in [9.17, 15) is 9.18 Å². The van der Waals surface area contributed by atoms with Crippen LogP contribution in [-0.4, -0.2) is 15.7 Å².